The number of thiazole rings is 1. The first-order chi connectivity index (χ1) is 10.8. The number of nitrogens with zero attached hydrogens (tertiary/aromatic N) is 1. The molecule has 0 aliphatic rings. The van der Waals surface area contributed by atoms with E-state index < -0.39 is 0 Å². The van der Waals surface area contributed by atoms with E-state index in [-0.39, 0.29) is 24.0 Å². The smallest absolute Gasteiger partial charge is 0.230 e. The summed E-state index contributed by atoms with van der Waals surface area (Å²) in [6, 6.07) is 7.04. The molecule has 0 fully saturated rings. The fraction of sp³-hybridized carbons (Fsp3) is 0.250. The number of hydrogen-bond donors (Lipinski definition) is 2. The zero-order valence-electron chi connectivity index (χ0n) is 13.1. The third kappa shape index (κ3) is 4.72. The van der Waals surface area contributed by atoms with Gasteiger partial charge < -0.3 is 10.6 Å². The van der Waals surface area contributed by atoms with E-state index in [1.807, 2.05) is 0 Å². The van der Waals surface area contributed by atoms with Crippen LogP contribution in [0, 0.1) is 6.92 Å². The van der Waals surface area contributed by atoms with E-state index in [1.165, 1.54) is 25.2 Å². The molecular formula is C16H17N3O3S. The zero-order chi connectivity index (χ0) is 17.0. The molecule has 2 N–H and O–H groups in total. The molecule has 2 amide bonds. The van der Waals surface area contributed by atoms with Gasteiger partial charge in [0.2, 0.25) is 11.8 Å². The van der Waals surface area contributed by atoms with Gasteiger partial charge in [-0.15, -0.1) is 0 Å². The second-order valence-electron chi connectivity index (χ2n) is 5.09. The Morgan fingerprint density at radius 2 is 1.74 bits per heavy atom. The quantitative estimate of drug-likeness (QED) is 0.825. The highest BCUT2D eigenvalue weighted by Crippen LogP contribution is 2.23. The van der Waals surface area contributed by atoms with E-state index in [0.717, 1.165) is 5.56 Å². The van der Waals surface area contributed by atoms with E-state index in [9.17, 15) is 14.4 Å². The van der Waals surface area contributed by atoms with Crippen LogP contribution in [0.15, 0.2) is 24.3 Å². The fourth-order valence-electron chi connectivity index (χ4n) is 2.03. The second kappa shape index (κ2) is 7.15. The van der Waals surface area contributed by atoms with Gasteiger partial charge >= 0.3 is 0 Å². The van der Waals surface area contributed by atoms with Crippen LogP contribution in [0.5, 0.6) is 0 Å². The standard InChI is InChI=1S/C16H17N3O3S/c1-9-15(10(2)20)23-16(17-9)19-14(22)8-12-4-6-13(7-5-12)18-11(3)21/h4-7H,8H2,1-3H3,(H,18,21)(H,17,19,22). The van der Waals surface area contributed by atoms with Crippen LogP contribution in [0.2, 0.25) is 0 Å². The zero-order valence-corrected chi connectivity index (χ0v) is 13.9. The molecule has 2 rings (SSSR count). The number of hydrogen-bond acceptors (Lipinski definition) is 5. The van der Waals surface area contributed by atoms with Gasteiger partial charge in [0.1, 0.15) is 0 Å². The monoisotopic (exact) mass is 331 g/mol. The predicted octanol–water partition coefficient (Wildman–Crippen LogP) is 2.79. The number of anilines is 2. The van der Waals surface area contributed by atoms with Gasteiger partial charge in [-0.1, -0.05) is 23.5 Å². The van der Waals surface area contributed by atoms with Crippen LogP contribution < -0.4 is 10.6 Å². The third-order valence-corrected chi connectivity index (χ3v) is 4.18. The number of benzene rings is 1. The van der Waals surface area contributed by atoms with Crippen molar-refractivity contribution >= 4 is 39.8 Å². The van der Waals surface area contributed by atoms with Crippen molar-refractivity contribution in [3.63, 3.8) is 0 Å². The number of carbonyl (C=O) groups is 3. The van der Waals surface area contributed by atoms with Gasteiger partial charge in [0.05, 0.1) is 17.0 Å². The summed E-state index contributed by atoms with van der Waals surface area (Å²) >= 11 is 1.18. The lowest BCUT2D eigenvalue weighted by Gasteiger charge is -2.05. The summed E-state index contributed by atoms with van der Waals surface area (Å²) in [4.78, 5) is 39.1. The number of carbonyl (C=O) groups excluding carboxylic acids is 3. The first-order valence-electron chi connectivity index (χ1n) is 7.00. The number of amides is 2. The average molecular weight is 331 g/mol. The lowest BCUT2D eigenvalue weighted by Crippen LogP contribution is -2.14. The Kier molecular flexibility index (Phi) is 5.23. The fourth-order valence-corrected chi connectivity index (χ4v) is 2.91. The Bertz CT molecular complexity index is 750. The molecule has 0 bridgehead atoms. The molecular weight excluding hydrogens is 314 g/mol. The molecule has 0 radical (unpaired) electrons. The molecule has 0 unspecified atom stereocenters. The Hall–Kier alpha value is -2.54. The van der Waals surface area contributed by atoms with Crippen LogP contribution in [-0.2, 0) is 16.0 Å². The van der Waals surface area contributed by atoms with Crippen molar-refractivity contribution in [1.82, 2.24) is 4.98 Å². The SMILES string of the molecule is CC(=O)Nc1ccc(CC(=O)Nc2nc(C)c(C(C)=O)s2)cc1. The topological polar surface area (TPSA) is 88.2 Å². The molecule has 1 heterocycles. The number of Topliss-reactive ketones (excluding diaryl/α,β-unsaturated/α-hetero) is 1. The minimum absolute atomic E-state index is 0.0611. The van der Waals surface area contributed by atoms with Crippen molar-refractivity contribution < 1.29 is 14.4 Å². The molecule has 1 aromatic heterocycles. The normalized spacial score (nSPS) is 10.2. The molecule has 2 aromatic rings. The summed E-state index contributed by atoms with van der Waals surface area (Å²) in [6.07, 6.45) is 0.189. The van der Waals surface area contributed by atoms with Crippen molar-refractivity contribution in [2.24, 2.45) is 0 Å². The lowest BCUT2D eigenvalue weighted by molar-refractivity contribution is -0.116. The summed E-state index contributed by atoms with van der Waals surface area (Å²) < 4.78 is 0. The summed E-state index contributed by atoms with van der Waals surface area (Å²) in [7, 11) is 0. The van der Waals surface area contributed by atoms with Crippen molar-refractivity contribution in [3.8, 4) is 0 Å². The van der Waals surface area contributed by atoms with E-state index in [4.69, 9.17) is 0 Å². The third-order valence-electron chi connectivity index (χ3n) is 3.00. The summed E-state index contributed by atoms with van der Waals surface area (Å²) in [5, 5.41) is 5.79. The molecule has 0 saturated heterocycles. The van der Waals surface area contributed by atoms with Gasteiger partial charge in [0.15, 0.2) is 10.9 Å². The molecule has 1 aromatic carbocycles. The van der Waals surface area contributed by atoms with Crippen molar-refractivity contribution in [2.75, 3.05) is 10.6 Å². The Morgan fingerprint density at radius 3 is 2.26 bits per heavy atom. The van der Waals surface area contributed by atoms with E-state index >= 15 is 0 Å². The van der Waals surface area contributed by atoms with Crippen LogP contribution in [0.4, 0.5) is 10.8 Å². The largest absolute Gasteiger partial charge is 0.326 e. The second-order valence-corrected chi connectivity index (χ2v) is 6.09. The molecule has 0 saturated carbocycles. The molecule has 6 nitrogen and oxygen atoms in total. The maximum atomic E-state index is 12.0. The van der Waals surface area contributed by atoms with Crippen LogP contribution >= 0.6 is 11.3 Å². The van der Waals surface area contributed by atoms with Gasteiger partial charge in [-0.25, -0.2) is 4.98 Å². The van der Waals surface area contributed by atoms with Gasteiger partial charge in [0, 0.05) is 19.5 Å². The van der Waals surface area contributed by atoms with Gasteiger partial charge in [-0.2, -0.15) is 0 Å². The first-order valence-corrected chi connectivity index (χ1v) is 7.81. The minimum atomic E-state index is -0.207. The number of aromatic nitrogens is 1. The molecule has 0 atom stereocenters. The van der Waals surface area contributed by atoms with Crippen LogP contribution in [-0.4, -0.2) is 22.6 Å². The highest BCUT2D eigenvalue weighted by molar-refractivity contribution is 7.17. The summed E-state index contributed by atoms with van der Waals surface area (Å²) in [5.41, 5.74) is 2.12. The Morgan fingerprint density at radius 1 is 1.09 bits per heavy atom. The molecule has 7 heteroatoms. The number of aryl methyl sites for hydroxylation is 1. The number of ketones is 1. The molecule has 0 aliphatic heterocycles. The highest BCUT2D eigenvalue weighted by atomic mass is 32.1. The molecule has 23 heavy (non-hydrogen) atoms. The minimum Gasteiger partial charge on any atom is -0.326 e. The van der Waals surface area contributed by atoms with E-state index in [1.54, 1.807) is 31.2 Å². The van der Waals surface area contributed by atoms with E-state index in [2.05, 4.69) is 15.6 Å². The first kappa shape index (κ1) is 16.8. The Labute approximate surface area is 137 Å². The average Bonchev–Trinajstić information content (AvgIpc) is 2.81. The van der Waals surface area contributed by atoms with Crippen LogP contribution in [0.3, 0.4) is 0 Å². The summed E-state index contributed by atoms with van der Waals surface area (Å²) in [6.45, 7) is 4.65. The van der Waals surface area contributed by atoms with Gasteiger partial charge in [0.25, 0.3) is 0 Å². The predicted molar refractivity (Wildman–Crippen MR) is 89.9 cm³/mol. The van der Waals surface area contributed by atoms with Crippen molar-refractivity contribution in [3.05, 3.63) is 40.4 Å². The summed E-state index contributed by atoms with van der Waals surface area (Å²) in [5.74, 6) is -0.411. The van der Waals surface area contributed by atoms with Crippen molar-refractivity contribution in [1.29, 1.82) is 0 Å². The lowest BCUT2D eigenvalue weighted by atomic mass is 10.1. The maximum absolute atomic E-state index is 12.0. The molecule has 120 valence electrons. The molecule has 0 spiro atoms. The van der Waals surface area contributed by atoms with Crippen LogP contribution in [0.25, 0.3) is 0 Å². The number of rotatable bonds is 5. The maximum Gasteiger partial charge on any atom is 0.230 e. The van der Waals surface area contributed by atoms with Gasteiger partial charge in [-0.05, 0) is 24.6 Å². The number of nitrogens with one attached hydrogen (secondary N) is 2. The van der Waals surface area contributed by atoms with E-state index in [0.29, 0.717) is 21.4 Å². The molecule has 0 aliphatic carbocycles. The Balaban J connectivity index is 1.98. The highest BCUT2D eigenvalue weighted by Gasteiger charge is 2.13. The van der Waals surface area contributed by atoms with Crippen molar-refractivity contribution in [2.45, 2.75) is 27.2 Å². The van der Waals surface area contributed by atoms with Gasteiger partial charge in [-0.3, -0.25) is 14.4 Å². The van der Waals surface area contributed by atoms with Crippen LogP contribution in [0.1, 0.15) is 34.8 Å².